The fourth-order valence-electron chi connectivity index (χ4n) is 3.49. The van der Waals surface area contributed by atoms with E-state index in [2.05, 4.69) is 16.0 Å². The van der Waals surface area contributed by atoms with Crippen molar-refractivity contribution in [3.63, 3.8) is 0 Å². The lowest BCUT2D eigenvalue weighted by atomic mass is 10.2. The van der Waals surface area contributed by atoms with Crippen molar-refractivity contribution in [3.8, 4) is 5.75 Å². The molecular weight excluding hydrogens is 414 g/mol. The molecule has 4 rings (SSSR count). The maximum Gasteiger partial charge on any atom is 0.287 e. The molecule has 1 amide bonds. The van der Waals surface area contributed by atoms with Crippen molar-refractivity contribution in [1.29, 1.82) is 0 Å². The summed E-state index contributed by atoms with van der Waals surface area (Å²) in [5.74, 6) is 1.66. The number of fused-ring (bicyclic) bond motifs is 1. The molecule has 6 nitrogen and oxygen atoms in total. The molecule has 0 bridgehead atoms. The molecular formula is C24H24ClN3O3. The van der Waals surface area contributed by atoms with Crippen LogP contribution in [0.4, 0.5) is 0 Å². The van der Waals surface area contributed by atoms with Gasteiger partial charge in [-0.25, -0.2) is 4.98 Å². The molecule has 4 aromatic rings. The number of hydrogen-bond donors (Lipinski definition) is 1. The van der Waals surface area contributed by atoms with Crippen molar-refractivity contribution < 1.29 is 13.9 Å². The Kier molecular flexibility index (Phi) is 6.57. The molecule has 0 spiro atoms. The number of halogens is 1. The zero-order chi connectivity index (χ0) is 21.6. The van der Waals surface area contributed by atoms with Crippen molar-refractivity contribution >= 4 is 28.5 Å². The number of benzene rings is 2. The van der Waals surface area contributed by atoms with Crippen LogP contribution in [0.1, 0.15) is 42.2 Å². The van der Waals surface area contributed by atoms with Gasteiger partial charge >= 0.3 is 0 Å². The molecule has 0 fully saturated rings. The summed E-state index contributed by atoms with van der Waals surface area (Å²) in [6.45, 7) is 3.33. The van der Waals surface area contributed by atoms with Gasteiger partial charge in [0.25, 0.3) is 5.91 Å². The number of aryl methyl sites for hydroxylation is 1. The molecule has 0 unspecified atom stereocenters. The highest BCUT2D eigenvalue weighted by Gasteiger charge is 2.19. The topological polar surface area (TPSA) is 69.3 Å². The summed E-state index contributed by atoms with van der Waals surface area (Å²) in [6, 6.07) is 18.5. The van der Waals surface area contributed by atoms with Gasteiger partial charge in [0.2, 0.25) is 0 Å². The maximum atomic E-state index is 12.4. The first kappa shape index (κ1) is 21.0. The first-order valence-corrected chi connectivity index (χ1v) is 10.7. The van der Waals surface area contributed by atoms with Gasteiger partial charge in [0.05, 0.1) is 29.9 Å². The van der Waals surface area contributed by atoms with Crippen LogP contribution in [0.15, 0.2) is 71.3 Å². The van der Waals surface area contributed by atoms with Gasteiger partial charge in [-0.3, -0.25) is 4.79 Å². The number of nitrogens with one attached hydrogen (secondary N) is 1. The number of ether oxygens (including phenoxy) is 1. The van der Waals surface area contributed by atoms with E-state index in [1.54, 1.807) is 12.1 Å². The van der Waals surface area contributed by atoms with E-state index in [0.29, 0.717) is 11.6 Å². The molecule has 0 aliphatic carbocycles. The quantitative estimate of drug-likeness (QED) is 0.344. The Labute approximate surface area is 185 Å². The average Bonchev–Trinajstić information content (AvgIpc) is 3.43. The maximum absolute atomic E-state index is 12.4. The van der Waals surface area contributed by atoms with Crippen LogP contribution >= 0.6 is 11.6 Å². The minimum absolute atomic E-state index is 0.257. The minimum atomic E-state index is -0.268. The summed E-state index contributed by atoms with van der Waals surface area (Å²) >= 11 is 5.91. The monoisotopic (exact) mass is 437 g/mol. The SMILES string of the molecule is C[C@@H](NC(=O)c1ccco1)c1nc2ccccc2n1CCCCOc1ccc(Cl)cc1. The lowest BCUT2D eigenvalue weighted by Gasteiger charge is -2.16. The lowest BCUT2D eigenvalue weighted by molar-refractivity contribution is 0.0909. The van der Waals surface area contributed by atoms with Crippen LogP contribution in [-0.2, 0) is 6.54 Å². The highest BCUT2D eigenvalue weighted by atomic mass is 35.5. The third kappa shape index (κ3) is 5.09. The Morgan fingerprint density at radius 1 is 1.13 bits per heavy atom. The largest absolute Gasteiger partial charge is 0.494 e. The molecule has 0 saturated heterocycles. The zero-order valence-corrected chi connectivity index (χ0v) is 18.0. The summed E-state index contributed by atoms with van der Waals surface area (Å²) in [5.41, 5.74) is 1.96. The molecule has 0 radical (unpaired) electrons. The molecule has 1 N–H and O–H groups in total. The molecule has 2 aromatic heterocycles. The predicted octanol–water partition coefficient (Wildman–Crippen LogP) is 5.63. The Morgan fingerprint density at radius 2 is 1.94 bits per heavy atom. The van der Waals surface area contributed by atoms with E-state index in [-0.39, 0.29) is 17.7 Å². The number of nitrogens with zero attached hydrogens (tertiary/aromatic N) is 2. The van der Waals surface area contributed by atoms with E-state index in [1.165, 1.54) is 6.26 Å². The van der Waals surface area contributed by atoms with Crippen LogP contribution in [-0.4, -0.2) is 22.1 Å². The second-order valence-corrected chi connectivity index (χ2v) is 7.73. The van der Waals surface area contributed by atoms with Gasteiger partial charge in [-0.2, -0.15) is 0 Å². The van der Waals surface area contributed by atoms with Crippen molar-refractivity contribution in [3.05, 3.63) is 83.5 Å². The van der Waals surface area contributed by atoms with Crippen LogP contribution in [0.3, 0.4) is 0 Å². The van der Waals surface area contributed by atoms with Gasteiger partial charge in [-0.1, -0.05) is 23.7 Å². The van der Waals surface area contributed by atoms with E-state index in [9.17, 15) is 4.79 Å². The molecule has 0 aliphatic heterocycles. The number of aromatic nitrogens is 2. The second kappa shape index (κ2) is 9.71. The van der Waals surface area contributed by atoms with Gasteiger partial charge in [-0.05, 0) is 68.3 Å². The lowest BCUT2D eigenvalue weighted by Crippen LogP contribution is -2.28. The predicted molar refractivity (Wildman–Crippen MR) is 121 cm³/mol. The fourth-order valence-corrected chi connectivity index (χ4v) is 3.62. The van der Waals surface area contributed by atoms with E-state index in [0.717, 1.165) is 42.0 Å². The van der Waals surface area contributed by atoms with Crippen LogP contribution < -0.4 is 10.1 Å². The average molecular weight is 438 g/mol. The Balaban J connectivity index is 1.41. The number of carbonyl (C=O) groups is 1. The third-order valence-electron chi connectivity index (χ3n) is 5.02. The van der Waals surface area contributed by atoms with Gasteiger partial charge in [0.15, 0.2) is 5.76 Å². The standard InChI is InChI=1S/C24H24ClN3O3/c1-17(26-24(29)22-9-6-16-31-22)23-27-20-7-2-3-8-21(20)28(23)14-4-5-15-30-19-12-10-18(25)11-13-19/h2-3,6-13,16-17H,4-5,14-15H2,1H3,(H,26,29)/t17-/m1/s1. The Hall–Kier alpha value is -3.25. The molecule has 160 valence electrons. The summed E-state index contributed by atoms with van der Waals surface area (Å²) < 4.78 is 13.2. The number of carbonyl (C=O) groups excluding carboxylic acids is 1. The summed E-state index contributed by atoms with van der Waals surface area (Å²) in [7, 11) is 0. The van der Waals surface area contributed by atoms with Crippen molar-refractivity contribution in [2.24, 2.45) is 0 Å². The molecule has 7 heteroatoms. The molecule has 0 aliphatic rings. The fraction of sp³-hybridized carbons (Fsp3) is 0.250. The number of imidazole rings is 1. The normalized spacial score (nSPS) is 12.1. The number of amides is 1. The smallest absolute Gasteiger partial charge is 0.287 e. The number of hydrogen-bond acceptors (Lipinski definition) is 4. The van der Waals surface area contributed by atoms with Crippen molar-refractivity contribution in [1.82, 2.24) is 14.9 Å². The van der Waals surface area contributed by atoms with Gasteiger partial charge in [-0.15, -0.1) is 0 Å². The van der Waals surface area contributed by atoms with Gasteiger partial charge in [0, 0.05) is 11.6 Å². The summed E-state index contributed by atoms with van der Waals surface area (Å²) in [4.78, 5) is 17.2. The van der Waals surface area contributed by atoms with Crippen LogP contribution in [0.5, 0.6) is 5.75 Å². The van der Waals surface area contributed by atoms with Crippen LogP contribution in [0, 0.1) is 0 Å². The van der Waals surface area contributed by atoms with Crippen LogP contribution in [0.2, 0.25) is 5.02 Å². The highest BCUT2D eigenvalue weighted by molar-refractivity contribution is 6.30. The van der Waals surface area contributed by atoms with E-state index >= 15 is 0 Å². The molecule has 1 atom stereocenters. The zero-order valence-electron chi connectivity index (χ0n) is 17.3. The molecule has 31 heavy (non-hydrogen) atoms. The first-order chi connectivity index (χ1) is 15.1. The first-order valence-electron chi connectivity index (χ1n) is 10.3. The molecule has 2 heterocycles. The van der Waals surface area contributed by atoms with Gasteiger partial charge in [0.1, 0.15) is 11.6 Å². The van der Waals surface area contributed by atoms with Crippen LogP contribution in [0.25, 0.3) is 11.0 Å². The Bertz CT molecular complexity index is 1140. The number of furan rings is 1. The van der Waals surface area contributed by atoms with Crippen molar-refractivity contribution in [2.45, 2.75) is 32.4 Å². The summed E-state index contributed by atoms with van der Waals surface area (Å²) in [6.07, 6.45) is 3.29. The van der Waals surface area contributed by atoms with E-state index in [1.807, 2.05) is 49.4 Å². The molecule has 0 saturated carbocycles. The minimum Gasteiger partial charge on any atom is -0.494 e. The number of unbranched alkanes of at least 4 members (excludes halogenated alkanes) is 1. The summed E-state index contributed by atoms with van der Waals surface area (Å²) in [5, 5.41) is 3.67. The highest BCUT2D eigenvalue weighted by Crippen LogP contribution is 2.22. The molecule has 2 aromatic carbocycles. The number of rotatable bonds is 9. The van der Waals surface area contributed by atoms with Crippen molar-refractivity contribution in [2.75, 3.05) is 6.61 Å². The Morgan fingerprint density at radius 3 is 2.71 bits per heavy atom. The second-order valence-electron chi connectivity index (χ2n) is 7.29. The third-order valence-corrected chi connectivity index (χ3v) is 5.27. The van der Waals surface area contributed by atoms with Gasteiger partial charge < -0.3 is 19.0 Å². The number of para-hydroxylation sites is 2. The van der Waals surface area contributed by atoms with E-state index in [4.69, 9.17) is 25.7 Å². The van der Waals surface area contributed by atoms with E-state index < -0.39 is 0 Å².